The predicted octanol–water partition coefficient (Wildman–Crippen LogP) is 5.07. The van der Waals surface area contributed by atoms with E-state index < -0.39 is 12.0 Å². The molecule has 2 aliphatic rings. The third-order valence-electron chi connectivity index (χ3n) is 7.86. The average molecular weight is 604 g/mol. The van der Waals surface area contributed by atoms with Gasteiger partial charge in [-0.15, -0.1) is 0 Å². The maximum atomic E-state index is 14.2. The number of benzene rings is 3. The lowest BCUT2D eigenvalue weighted by atomic mass is 9.93. The summed E-state index contributed by atoms with van der Waals surface area (Å²) < 4.78 is 20.9. The largest absolute Gasteiger partial charge is 0.463 e. The van der Waals surface area contributed by atoms with E-state index in [1.165, 1.54) is 11.3 Å². The molecular formula is C35H29N3O5S. The summed E-state index contributed by atoms with van der Waals surface area (Å²) in [6.45, 7) is 6.24. The Hall–Kier alpha value is -5.15. The van der Waals surface area contributed by atoms with Crippen LogP contribution in [0.1, 0.15) is 41.0 Å². The molecule has 0 aliphatic carbocycles. The van der Waals surface area contributed by atoms with Crippen LogP contribution < -0.4 is 24.4 Å². The minimum atomic E-state index is -0.704. The Kier molecular flexibility index (Phi) is 7.02. The highest BCUT2D eigenvalue weighted by Gasteiger charge is 2.35. The molecule has 0 unspecified atom stereocenters. The van der Waals surface area contributed by atoms with Crippen LogP contribution in [0, 0.1) is 13.8 Å². The zero-order valence-corrected chi connectivity index (χ0v) is 25.3. The molecule has 5 aromatic rings. The standard InChI is InChI=1S/C35H29N3O5S/c1-4-41-34(40)30-31(23-11-7-5-8-12-23)36-35-38(32(30)24-13-9-6-10-14-24)33(39)29(44-35)18-25-17-21(2)37(22(25)3)26-15-16-27-28(19-26)43-20-42-27/h5-19,32H,4,20H2,1-3H3/b29-18+/t32-/m0/s1. The number of aryl methyl sites for hydroxylation is 1. The highest BCUT2D eigenvalue weighted by atomic mass is 32.1. The predicted molar refractivity (Wildman–Crippen MR) is 169 cm³/mol. The van der Waals surface area contributed by atoms with E-state index in [1.807, 2.05) is 98.8 Å². The number of hydrogen-bond donors (Lipinski definition) is 0. The third-order valence-corrected chi connectivity index (χ3v) is 8.84. The molecule has 0 saturated carbocycles. The number of fused-ring (bicyclic) bond motifs is 2. The van der Waals surface area contributed by atoms with Gasteiger partial charge in [0.15, 0.2) is 16.3 Å². The molecule has 44 heavy (non-hydrogen) atoms. The molecule has 220 valence electrons. The van der Waals surface area contributed by atoms with Gasteiger partial charge >= 0.3 is 5.97 Å². The monoisotopic (exact) mass is 603 g/mol. The Labute approximate surface area is 257 Å². The number of thiazole rings is 1. The van der Waals surface area contributed by atoms with Crippen molar-refractivity contribution in [3.8, 4) is 17.2 Å². The minimum Gasteiger partial charge on any atom is -0.463 e. The SMILES string of the molecule is CCOC(=O)C1=C(c2ccccc2)N=c2s/c(=C/c3cc(C)n(-c4ccc5c(c4)OCO5)c3C)c(=O)n2[C@H]1c1ccccc1. The minimum absolute atomic E-state index is 0.204. The van der Waals surface area contributed by atoms with E-state index in [2.05, 4.69) is 10.6 Å². The van der Waals surface area contributed by atoms with Crippen molar-refractivity contribution in [2.75, 3.05) is 13.4 Å². The maximum Gasteiger partial charge on any atom is 0.338 e. The third kappa shape index (κ3) is 4.66. The van der Waals surface area contributed by atoms with Gasteiger partial charge in [-0.2, -0.15) is 0 Å². The highest BCUT2D eigenvalue weighted by molar-refractivity contribution is 7.07. The van der Waals surface area contributed by atoms with Crippen LogP contribution in [-0.2, 0) is 9.53 Å². The van der Waals surface area contributed by atoms with Crippen LogP contribution in [0.3, 0.4) is 0 Å². The van der Waals surface area contributed by atoms with Crippen LogP contribution in [0.4, 0.5) is 0 Å². The number of aromatic nitrogens is 2. The Balaban J connectivity index is 1.42. The molecule has 4 heterocycles. The van der Waals surface area contributed by atoms with E-state index in [4.69, 9.17) is 19.2 Å². The molecule has 0 N–H and O–H groups in total. The first kappa shape index (κ1) is 27.7. The lowest BCUT2D eigenvalue weighted by Gasteiger charge is -2.25. The van der Waals surface area contributed by atoms with E-state index in [0.29, 0.717) is 26.4 Å². The van der Waals surface area contributed by atoms with Crippen molar-refractivity contribution in [3.63, 3.8) is 0 Å². The number of ether oxygens (including phenoxy) is 3. The van der Waals surface area contributed by atoms with Gasteiger partial charge in [0.2, 0.25) is 6.79 Å². The summed E-state index contributed by atoms with van der Waals surface area (Å²) in [6.07, 6.45) is 1.91. The van der Waals surface area contributed by atoms with Gasteiger partial charge < -0.3 is 18.8 Å². The molecule has 0 radical (unpaired) electrons. The Morgan fingerprint density at radius 2 is 1.73 bits per heavy atom. The molecule has 0 bridgehead atoms. The molecule has 3 aromatic carbocycles. The van der Waals surface area contributed by atoms with Gasteiger partial charge in [0, 0.05) is 28.7 Å². The molecule has 9 heteroatoms. The molecular weight excluding hydrogens is 574 g/mol. The van der Waals surface area contributed by atoms with Crippen LogP contribution in [0.5, 0.6) is 11.5 Å². The summed E-state index contributed by atoms with van der Waals surface area (Å²) in [5.74, 6) is 0.936. The first-order valence-corrected chi connectivity index (χ1v) is 15.2. The van der Waals surface area contributed by atoms with Crippen molar-refractivity contribution in [3.05, 3.63) is 138 Å². The van der Waals surface area contributed by atoms with Gasteiger partial charge in [-0.25, -0.2) is 9.79 Å². The molecule has 0 amide bonds. The fourth-order valence-corrected chi connectivity index (χ4v) is 6.88. The fourth-order valence-electron chi connectivity index (χ4n) is 5.89. The van der Waals surface area contributed by atoms with Gasteiger partial charge in [0.25, 0.3) is 5.56 Å². The first-order chi connectivity index (χ1) is 21.4. The number of esters is 1. The number of carbonyl (C=O) groups excluding carboxylic acids is 1. The summed E-state index contributed by atoms with van der Waals surface area (Å²) >= 11 is 1.31. The Morgan fingerprint density at radius 1 is 1.00 bits per heavy atom. The summed E-state index contributed by atoms with van der Waals surface area (Å²) in [4.78, 5) is 33.3. The van der Waals surface area contributed by atoms with Crippen molar-refractivity contribution >= 4 is 29.1 Å². The van der Waals surface area contributed by atoms with E-state index in [0.717, 1.165) is 39.5 Å². The molecule has 0 fully saturated rings. The number of rotatable bonds is 6. The van der Waals surface area contributed by atoms with Crippen LogP contribution in [0.15, 0.2) is 100 Å². The van der Waals surface area contributed by atoms with Crippen LogP contribution >= 0.6 is 11.3 Å². The topological polar surface area (TPSA) is 84.1 Å². The molecule has 2 aromatic heterocycles. The van der Waals surface area contributed by atoms with Crippen molar-refractivity contribution in [1.29, 1.82) is 0 Å². The van der Waals surface area contributed by atoms with E-state index in [1.54, 1.807) is 11.5 Å². The fraction of sp³-hybridized carbons (Fsp3) is 0.171. The second-order valence-corrected chi connectivity index (χ2v) is 11.6. The van der Waals surface area contributed by atoms with Crippen molar-refractivity contribution in [2.45, 2.75) is 26.8 Å². The van der Waals surface area contributed by atoms with Crippen LogP contribution in [-0.4, -0.2) is 28.5 Å². The van der Waals surface area contributed by atoms with Crippen molar-refractivity contribution in [2.24, 2.45) is 4.99 Å². The quantitative estimate of drug-likeness (QED) is 0.253. The molecule has 0 saturated heterocycles. The van der Waals surface area contributed by atoms with Crippen molar-refractivity contribution < 1.29 is 19.0 Å². The highest BCUT2D eigenvalue weighted by Crippen LogP contribution is 2.36. The second-order valence-electron chi connectivity index (χ2n) is 10.5. The van der Waals surface area contributed by atoms with Crippen LogP contribution in [0.2, 0.25) is 0 Å². The van der Waals surface area contributed by atoms with Crippen LogP contribution in [0.25, 0.3) is 17.5 Å². The first-order valence-electron chi connectivity index (χ1n) is 14.4. The summed E-state index contributed by atoms with van der Waals surface area (Å²) in [5, 5.41) is 0. The van der Waals surface area contributed by atoms with Gasteiger partial charge in [-0.1, -0.05) is 72.0 Å². The smallest absolute Gasteiger partial charge is 0.338 e. The molecule has 0 spiro atoms. The number of carbonyl (C=O) groups is 1. The zero-order chi connectivity index (χ0) is 30.4. The number of hydrogen-bond acceptors (Lipinski definition) is 7. The average Bonchev–Trinajstić information content (AvgIpc) is 3.72. The van der Waals surface area contributed by atoms with Crippen molar-refractivity contribution in [1.82, 2.24) is 9.13 Å². The summed E-state index contributed by atoms with van der Waals surface area (Å²) in [7, 11) is 0. The zero-order valence-electron chi connectivity index (χ0n) is 24.4. The molecule has 8 nitrogen and oxygen atoms in total. The second kappa shape index (κ2) is 11.2. The molecule has 7 rings (SSSR count). The Morgan fingerprint density at radius 3 is 2.48 bits per heavy atom. The molecule has 1 atom stereocenters. The normalized spacial score (nSPS) is 15.7. The van der Waals surface area contributed by atoms with E-state index in [-0.39, 0.29) is 19.0 Å². The van der Waals surface area contributed by atoms with E-state index in [9.17, 15) is 9.59 Å². The van der Waals surface area contributed by atoms with Gasteiger partial charge in [0.1, 0.15) is 0 Å². The summed E-state index contributed by atoms with van der Waals surface area (Å²) in [5.41, 5.74) is 6.05. The van der Waals surface area contributed by atoms with Gasteiger partial charge in [0.05, 0.1) is 28.5 Å². The Bertz CT molecular complexity index is 2120. The number of nitrogens with zero attached hydrogens (tertiary/aromatic N) is 3. The lowest BCUT2D eigenvalue weighted by Crippen LogP contribution is -2.40. The van der Waals surface area contributed by atoms with Gasteiger partial charge in [-0.3, -0.25) is 9.36 Å². The lowest BCUT2D eigenvalue weighted by molar-refractivity contribution is -0.138. The maximum absolute atomic E-state index is 14.2. The van der Waals surface area contributed by atoms with Gasteiger partial charge in [-0.05, 0) is 56.2 Å². The van der Waals surface area contributed by atoms with E-state index >= 15 is 0 Å². The summed E-state index contributed by atoms with van der Waals surface area (Å²) in [6, 6.07) is 26.3. The molecule has 2 aliphatic heterocycles.